The van der Waals surface area contributed by atoms with Crippen LogP contribution >= 0.6 is 0 Å². The molecule has 1 aliphatic carbocycles. The van der Waals surface area contributed by atoms with Crippen molar-refractivity contribution in [2.75, 3.05) is 7.11 Å². The summed E-state index contributed by atoms with van der Waals surface area (Å²) in [6.45, 7) is 0. The van der Waals surface area contributed by atoms with Crippen LogP contribution in [-0.2, 0) is 9.53 Å². The van der Waals surface area contributed by atoms with E-state index in [0.29, 0.717) is 12.8 Å². The highest BCUT2D eigenvalue weighted by atomic mass is 19.4. The molecule has 128 valence electrons. The summed E-state index contributed by atoms with van der Waals surface area (Å²) < 4.78 is 45.0. The van der Waals surface area contributed by atoms with E-state index in [9.17, 15) is 18.0 Å². The quantitative estimate of drug-likeness (QED) is 0.841. The molecule has 2 atom stereocenters. The second kappa shape index (κ2) is 7.72. The lowest BCUT2D eigenvalue weighted by Crippen LogP contribution is -2.49. The molecular formula is C15H20F3N3O2. The van der Waals surface area contributed by atoms with Gasteiger partial charge in [-0.25, -0.2) is 0 Å². The van der Waals surface area contributed by atoms with Crippen LogP contribution in [0.3, 0.4) is 0 Å². The topological polar surface area (TPSA) is 64.1 Å². The molecule has 23 heavy (non-hydrogen) atoms. The molecule has 1 saturated carbocycles. The van der Waals surface area contributed by atoms with Gasteiger partial charge in [0.2, 0.25) is 0 Å². The Bertz CT molecular complexity index is 504. The van der Waals surface area contributed by atoms with Gasteiger partial charge in [-0.2, -0.15) is 13.2 Å². The van der Waals surface area contributed by atoms with Gasteiger partial charge in [0.25, 0.3) is 0 Å². The minimum absolute atomic E-state index is 0.169. The van der Waals surface area contributed by atoms with Crippen molar-refractivity contribution in [3.05, 3.63) is 24.3 Å². The monoisotopic (exact) mass is 331 g/mol. The van der Waals surface area contributed by atoms with Crippen LogP contribution in [0.5, 0.6) is 0 Å². The Morgan fingerprint density at radius 1 is 1.30 bits per heavy atom. The summed E-state index contributed by atoms with van der Waals surface area (Å²) >= 11 is 0. The zero-order valence-electron chi connectivity index (χ0n) is 12.8. The van der Waals surface area contributed by atoms with Gasteiger partial charge < -0.3 is 4.74 Å². The lowest BCUT2D eigenvalue weighted by Gasteiger charge is -2.32. The van der Waals surface area contributed by atoms with Crippen LogP contribution < -0.4 is 5.32 Å². The Morgan fingerprint density at radius 3 is 2.52 bits per heavy atom. The van der Waals surface area contributed by atoms with Crippen molar-refractivity contribution in [1.82, 2.24) is 15.3 Å². The molecule has 0 saturated heterocycles. The largest absolute Gasteiger partial charge is 0.468 e. The summed E-state index contributed by atoms with van der Waals surface area (Å²) in [4.78, 5) is 19.4. The van der Waals surface area contributed by atoms with Crippen molar-refractivity contribution in [2.45, 2.75) is 50.4 Å². The molecule has 8 heteroatoms. The van der Waals surface area contributed by atoms with Gasteiger partial charge in [0.1, 0.15) is 12.1 Å². The number of carbonyl (C=O) groups excluding carboxylic acids is 1. The van der Waals surface area contributed by atoms with E-state index in [-0.39, 0.29) is 11.6 Å². The van der Waals surface area contributed by atoms with E-state index in [1.165, 1.54) is 19.5 Å². The fourth-order valence-electron chi connectivity index (χ4n) is 2.98. The fourth-order valence-corrected chi connectivity index (χ4v) is 2.98. The average Bonchev–Trinajstić information content (AvgIpc) is 2.55. The van der Waals surface area contributed by atoms with E-state index in [1.54, 1.807) is 0 Å². The molecule has 1 unspecified atom stereocenters. The summed E-state index contributed by atoms with van der Waals surface area (Å²) in [5.74, 6) is -0.840. The summed E-state index contributed by atoms with van der Waals surface area (Å²) in [5, 5.41) is 2.43. The van der Waals surface area contributed by atoms with Crippen LogP contribution in [0.1, 0.15) is 43.8 Å². The van der Waals surface area contributed by atoms with Crippen molar-refractivity contribution in [3.8, 4) is 0 Å². The van der Waals surface area contributed by atoms with E-state index < -0.39 is 24.2 Å². The maximum Gasteiger partial charge on any atom is 0.409 e. The zero-order valence-corrected chi connectivity index (χ0v) is 12.8. The number of hydrogen-bond acceptors (Lipinski definition) is 5. The SMILES string of the molecule is COC(=O)[C@@H](NC(c1cnccn1)C(F)(F)F)C1CCCCC1. The minimum atomic E-state index is -4.59. The van der Waals surface area contributed by atoms with Gasteiger partial charge in [-0.1, -0.05) is 19.3 Å². The number of hydrogen-bond donors (Lipinski definition) is 1. The van der Waals surface area contributed by atoms with Crippen LogP contribution in [0.15, 0.2) is 18.6 Å². The molecule has 1 aromatic rings. The van der Waals surface area contributed by atoms with Gasteiger partial charge in [-0.15, -0.1) is 0 Å². The first-order chi connectivity index (χ1) is 10.9. The third kappa shape index (κ3) is 4.63. The van der Waals surface area contributed by atoms with Crippen LogP contribution in [0.25, 0.3) is 0 Å². The molecule has 1 fully saturated rings. The highest BCUT2D eigenvalue weighted by Gasteiger charge is 2.45. The third-order valence-electron chi connectivity index (χ3n) is 4.13. The number of alkyl halides is 3. The molecule has 0 spiro atoms. The summed E-state index contributed by atoms with van der Waals surface area (Å²) in [5.41, 5.74) is -0.260. The number of nitrogens with zero attached hydrogens (tertiary/aromatic N) is 2. The first kappa shape index (κ1) is 17.7. The molecule has 0 bridgehead atoms. The summed E-state index contributed by atoms with van der Waals surface area (Å²) in [6, 6.07) is -3.06. The first-order valence-corrected chi connectivity index (χ1v) is 7.60. The van der Waals surface area contributed by atoms with Crippen LogP contribution in [0, 0.1) is 5.92 Å². The second-order valence-corrected chi connectivity index (χ2v) is 5.67. The Morgan fingerprint density at radius 2 is 2.00 bits per heavy atom. The number of esters is 1. The van der Waals surface area contributed by atoms with Crippen molar-refractivity contribution < 1.29 is 22.7 Å². The molecule has 0 radical (unpaired) electrons. The highest BCUT2D eigenvalue weighted by Crippen LogP contribution is 2.34. The van der Waals surface area contributed by atoms with Crippen molar-refractivity contribution in [2.24, 2.45) is 5.92 Å². The van der Waals surface area contributed by atoms with E-state index in [2.05, 4.69) is 15.3 Å². The van der Waals surface area contributed by atoms with Crippen LogP contribution in [0.2, 0.25) is 0 Å². The normalized spacial score (nSPS) is 19.1. The Balaban J connectivity index is 2.24. The summed E-state index contributed by atoms with van der Waals surface area (Å²) in [6.07, 6.45) is 3.23. The average molecular weight is 331 g/mol. The number of nitrogens with one attached hydrogen (secondary N) is 1. The fraction of sp³-hybridized carbons (Fsp3) is 0.667. The molecule has 0 aliphatic heterocycles. The second-order valence-electron chi connectivity index (χ2n) is 5.67. The van der Waals surface area contributed by atoms with E-state index in [4.69, 9.17) is 4.74 Å². The van der Waals surface area contributed by atoms with Crippen molar-refractivity contribution in [1.29, 1.82) is 0 Å². The van der Waals surface area contributed by atoms with Gasteiger partial charge in [0.15, 0.2) is 0 Å². The molecule has 1 heterocycles. The molecule has 5 nitrogen and oxygen atoms in total. The Hall–Kier alpha value is -1.70. The van der Waals surface area contributed by atoms with Crippen molar-refractivity contribution in [3.63, 3.8) is 0 Å². The maximum atomic E-state index is 13.4. The molecule has 1 aliphatic rings. The van der Waals surface area contributed by atoms with Gasteiger partial charge in [0, 0.05) is 12.4 Å². The molecular weight excluding hydrogens is 311 g/mol. The third-order valence-corrected chi connectivity index (χ3v) is 4.13. The van der Waals surface area contributed by atoms with Gasteiger partial charge in [0.05, 0.1) is 19.0 Å². The number of methoxy groups -OCH3 is 1. The molecule has 0 amide bonds. The van der Waals surface area contributed by atoms with Gasteiger partial charge >= 0.3 is 12.1 Å². The molecule has 1 N–H and O–H groups in total. The van der Waals surface area contributed by atoms with Crippen LogP contribution in [-0.4, -0.2) is 35.3 Å². The standard InChI is InChI=1S/C15H20F3N3O2/c1-23-14(22)12(10-5-3-2-4-6-10)21-13(15(16,17)18)11-9-19-7-8-20-11/h7-10,12-13,21H,2-6H2,1H3/t12-,13?/m0/s1. The predicted molar refractivity (Wildman–Crippen MR) is 76.3 cm³/mol. The number of aromatic nitrogens is 2. The Labute approximate surface area is 132 Å². The maximum absolute atomic E-state index is 13.4. The lowest BCUT2D eigenvalue weighted by atomic mass is 9.83. The lowest BCUT2D eigenvalue weighted by molar-refractivity contribution is -0.166. The van der Waals surface area contributed by atoms with Gasteiger partial charge in [-0.3, -0.25) is 20.1 Å². The van der Waals surface area contributed by atoms with Gasteiger partial charge in [-0.05, 0) is 18.8 Å². The minimum Gasteiger partial charge on any atom is -0.468 e. The molecule has 0 aromatic carbocycles. The predicted octanol–water partition coefficient (Wildman–Crippen LogP) is 2.79. The van der Waals surface area contributed by atoms with Crippen LogP contribution in [0.4, 0.5) is 13.2 Å². The number of rotatable bonds is 5. The van der Waals surface area contributed by atoms with E-state index in [0.717, 1.165) is 25.5 Å². The first-order valence-electron chi connectivity index (χ1n) is 7.60. The Kier molecular flexibility index (Phi) is 5.92. The van der Waals surface area contributed by atoms with E-state index >= 15 is 0 Å². The highest BCUT2D eigenvalue weighted by molar-refractivity contribution is 5.76. The molecule has 2 rings (SSSR count). The molecule has 1 aromatic heterocycles. The zero-order chi connectivity index (χ0) is 16.9. The van der Waals surface area contributed by atoms with Crippen molar-refractivity contribution >= 4 is 5.97 Å². The smallest absolute Gasteiger partial charge is 0.409 e. The number of halogens is 3. The number of ether oxygens (including phenoxy) is 1. The summed E-state index contributed by atoms with van der Waals surface area (Å²) in [7, 11) is 1.19. The number of carbonyl (C=O) groups is 1. The van der Waals surface area contributed by atoms with E-state index in [1.807, 2.05) is 0 Å².